The van der Waals surface area contributed by atoms with Gasteiger partial charge >= 0.3 is 0 Å². The normalized spacial score (nSPS) is 24.1. The van der Waals surface area contributed by atoms with Gasteiger partial charge in [-0.25, -0.2) is 0 Å². The lowest BCUT2D eigenvalue weighted by molar-refractivity contribution is 0.107. The van der Waals surface area contributed by atoms with E-state index in [1.807, 2.05) is 18.2 Å². The molecule has 19 heavy (non-hydrogen) atoms. The number of benzene rings is 1. The Morgan fingerprint density at radius 1 is 1.47 bits per heavy atom. The molecule has 1 saturated heterocycles. The molecule has 1 fully saturated rings. The Labute approximate surface area is 116 Å². The second-order valence-corrected chi connectivity index (χ2v) is 5.47. The molecule has 2 atom stereocenters. The number of piperidine rings is 1. The van der Waals surface area contributed by atoms with E-state index in [0.717, 1.165) is 31.1 Å². The van der Waals surface area contributed by atoms with Gasteiger partial charge in [0.1, 0.15) is 0 Å². The maximum atomic E-state index is 8.95. The van der Waals surface area contributed by atoms with Crippen LogP contribution in [0.15, 0.2) is 24.3 Å². The standard InChI is InChI=1S/C16H23N3/c1-2-13-6-7-19(16(9-13)11-18)12-15-5-3-4-14(8-15)10-17/h3-5,8,13,16H,2,6-7,9,11-12,18H2,1H3. The van der Waals surface area contributed by atoms with Gasteiger partial charge in [-0.05, 0) is 43.0 Å². The Hall–Kier alpha value is -1.37. The third kappa shape index (κ3) is 3.56. The van der Waals surface area contributed by atoms with Crippen LogP contribution in [0.4, 0.5) is 0 Å². The first kappa shape index (κ1) is 14.0. The van der Waals surface area contributed by atoms with Crippen LogP contribution >= 0.6 is 0 Å². The average Bonchev–Trinajstić information content (AvgIpc) is 2.48. The molecule has 2 N–H and O–H groups in total. The van der Waals surface area contributed by atoms with Crippen molar-refractivity contribution in [2.24, 2.45) is 11.7 Å². The van der Waals surface area contributed by atoms with E-state index in [1.54, 1.807) is 0 Å². The SMILES string of the molecule is CCC1CCN(Cc2cccc(C#N)c2)C(CN)C1. The second kappa shape index (κ2) is 6.70. The van der Waals surface area contributed by atoms with Crippen molar-refractivity contribution < 1.29 is 0 Å². The van der Waals surface area contributed by atoms with Gasteiger partial charge < -0.3 is 5.73 Å². The summed E-state index contributed by atoms with van der Waals surface area (Å²) in [6.07, 6.45) is 3.74. The zero-order chi connectivity index (χ0) is 13.7. The smallest absolute Gasteiger partial charge is 0.0991 e. The van der Waals surface area contributed by atoms with Crippen molar-refractivity contribution in [3.63, 3.8) is 0 Å². The summed E-state index contributed by atoms with van der Waals surface area (Å²) in [5.74, 6) is 0.829. The van der Waals surface area contributed by atoms with E-state index in [4.69, 9.17) is 11.0 Å². The Kier molecular flexibility index (Phi) is 4.95. The number of hydrogen-bond acceptors (Lipinski definition) is 3. The quantitative estimate of drug-likeness (QED) is 0.901. The fourth-order valence-electron chi connectivity index (χ4n) is 2.98. The van der Waals surface area contributed by atoms with Crippen LogP contribution in [0.5, 0.6) is 0 Å². The second-order valence-electron chi connectivity index (χ2n) is 5.47. The zero-order valence-corrected chi connectivity index (χ0v) is 11.7. The van der Waals surface area contributed by atoms with E-state index in [2.05, 4.69) is 24.0 Å². The first-order chi connectivity index (χ1) is 9.26. The highest BCUT2D eigenvalue weighted by molar-refractivity contribution is 5.32. The van der Waals surface area contributed by atoms with Crippen molar-refractivity contribution in [3.8, 4) is 6.07 Å². The maximum absolute atomic E-state index is 8.95. The minimum Gasteiger partial charge on any atom is -0.329 e. The summed E-state index contributed by atoms with van der Waals surface area (Å²) < 4.78 is 0. The van der Waals surface area contributed by atoms with E-state index in [0.29, 0.717) is 6.04 Å². The molecular formula is C16H23N3. The number of likely N-dealkylation sites (tertiary alicyclic amines) is 1. The Morgan fingerprint density at radius 3 is 3.00 bits per heavy atom. The zero-order valence-electron chi connectivity index (χ0n) is 11.7. The molecule has 0 saturated carbocycles. The average molecular weight is 257 g/mol. The van der Waals surface area contributed by atoms with Crippen LogP contribution in [0.3, 0.4) is 0 Å². The van der Waals surface area contributed by atoms with Crippen molar-refractivity contribution in [1.29, 1.82) is 5.26 Å². The highest BCUT2D eigenvalue weighted by Crippen LogP contribution is 2.26. The molecule has 2 rings (SSSR count). The lowest BCUT2D eigenvalue weighted by atomic mass is 9.88. The fourth-order valence-corrected chi connectivity index (χ4v) is 2.98. The lowest BCUT2D eigenvalue weighted by Crippen LogP contribution is -2.46. The molecule has 3 nitrogen and oxygen atoms in total. The van der Waals surface area contributed by atoms with Gasteiger partial charge in [0.05, 0.1) is 11.6 Å². The first-order valence-electron chi connectivity index (χ1n) is 7.20. The lowest BCUT2D eigenvalue weighted by Gasteiger charge is -2.38. The van der Waals surface area contributed by atoms with Crippen LogP contribution in [-0.4, -0.2) is 24.0 Å². The van der Waals surface area contributed by atoms with E-state index in [-0.39, 0.29) is 0 Å². The molecule has 0 aromatic heterocycles. The molecule has 3 heteroatoms. The predicted octanol–water partition coefficient (Wildman–Crippen LogP) is 2.51. The molecule has 1 heterocycles. The van der Waals surface area contributed by atoms with E-state index in [9.17, 15) is 0 Å². The van der Waals surface area contributed by atoms with Gasteiger partial charge in [-0.15, -0.1) is 0 Å². The van der Waals surface area contributed by atoms with E-state index < -0.39 is 0 Å². The summed E-state index contributed by atoms with van der Waals surface area (Å²) in [6.45, 7) is 5.03. The van der Waals surface area contributed by atoms with Gasteiger partial charge in [-0.1, -0.05) is 25.5 Å². The van der Waals surface area contributed by atoms with Gasteiger partial charge in [0.25, 0.3) is 0 Å². The van der Waals surface area contributed by atoms with Crippen LogP contribution in [-0.2, 0) is 6.54 Å². The van der Waals surface area contributed by atoms with Crippen LogP contribution in [0.1, 0.15) is 37.3 Å². The highest BCUT2D eigenvalue weighted by atomic mass is 15.2. The third-order valence-electron chi connectivity index (χ3n) is 4.24. The molecule has 1 aliphatic heterocycles. The molecular weight excluding hydrogens is 234 g/mol. The molecule has 0 spiro atoms. The van der Waals surface area contributed by atoms with Gasteiger partial charge in [-0.2, -0.15) is 5.26 Å². The third-order valence-corrected chi connectivity index (χ3v) is 4.24. The molecule has 1 aromatic carbocycles. The predicted molar refractivity (Wildman–Crippen MR) is 77.4 cm³/mol. The Bertz CT molecular complexity index is 450. The topological polar surface area (TPSA) is 53.0 Å². The van der Waals surface area contributed by atoms with Crippen LogP contribution in [0, 0.1) is 17.2 Å². The van der Waals surface area contributed by atoms with Gasteiger partial charge in [0.15, 0.2) is 0 Å². The minimum atomic E-state index is 0.490. The number of rotatable bonds is 4. The van der Waals surface area contributed by atoms with Crippen molar-refractivity contribution in [2.75, 3.05) is 13.1 Å². The monoisotopic (exact) mass is 257 g/mol. The Morgan fingerprint density at radius 2 is 2.32 bits per heavy atom. The summed E-state index contributed by atoms with van der Waals surface area (Å²) in [4.78, 5) is 2.47. The molecule has 0 amide bonds. The summed E-state index contributed by atoms with van der Waals surface area (Å²) in [7, 11) is 0. The van der Waals surface area contributed by atoms with Crippen LogP contribution < -0.4 is 5.73 Å². The summed E-state index contributed by atoms with van der Waals surface area (Å²) >= 11 is 0. The number of hydrogen-bond donors (Lipinski definition) is 1. The fraction of sp³-hybridized carbons (Fsp3) is 0.562. The van der Waals surface area contributed by atoms with Crippen LogP contribution in [0.25, 0.3) is 0 Å². The van der Waals surface area contributed by atoms with Crippen molar-refractivity contribution in [3.05, 3.63) is 35.4 Å². The molecule has 0 radical (unpaired) electrons. The minimum absolute atomic E-state index is 0.490. The summed E-state index contributed by atoms with van der Waals surface area (Å²) in [5.41, 5.74) is 7.88. The van der Waals surface area contributed by atoms with Crippen LogP contribution in [0.2, 0.25) is 0 Å². The van der Waals surface area contributed by atoms with Gasteiger partial charge in [0.2, 0.25) is 0 Å². The number of nitrogens with two attached hydrogens (primary N) is 1. The van der Waals surface area contributed by atoms with Crippen molar-refractivity contribution in [2.45, 2.75) is 38.8 Å². The molecule has 0 bridgehead atoms. The number of nitriles is 1. The number of nitrogens with zero attached hydrogens (tertiary/aromatic N) is 2. The van der Waals surface area contributed by atoms with E-state index >= 15 is 0 Å². The maximum Gasteiger partial charge on any atom is 0.0991 e. The van der Waals surface area contributed by atoms with Gasteiger partial charge in [0, 0.05) is 19.1 Å². The molecule has 2 unspecified atom stereocenters. The summed E-state index contributed by atoms with van der Waals surface area (Å²) in [6, 6.07) is 10.6. The van der Waals surface area contributed by atoms with Crippen molar-refractivity contribution >= 4 is 0 Å². The molecule has 1 aromatic rings. The molecule has 1 aliphatic rings. The van der Waals surface area contributed by atoms with Crippen molar-refractivity contribution in [1.82, 2.24) is 4.90 Å². The van der Waals surface area contributed by atoms with E-state index in [1.165, 1.54) is 24.8 Å². The largest absolute Gasteiger partial charge is 0.329 e. The highest BCUT2D eigenvalue weighted by Gasteiger charge is 2.26. The first-order valence-corrected chi connectivity index (χ1v) is 7.20. The molecule has 102 valence electrons. The Balaban J connectivity index is 2.03. The summed E-state index contributed by atoms with van der Waals surface area (Å²) in [5, 5.41) is 8.95. The van der Waals surface area contributed by atoms with Gasteiger partial charge in [-0.3, -0.25) is 4.90 Å². The molecule has 0 aliphatic carbocycles.